The fourth-order valence-electron chi connectivity index (χ4n) is 2.35. The number of benzene rings is 1. The van der Waals surface area contributed by atoms with Crippen molar-refractivity contribution < 1.29 is 14.6 Å². The van der Waals surface area contributed by atoms with E-state index in [2.05, 4.69) is 11.1 Å². The van der Waals surface area contributed by atoms with Gasteiger partial charge in [-0.2, -0.15) is 0 Å². The van der Waals surface area contributed by atoms with Crippen molar-refractivity contribution in [1.29, 1.82) is 0 Å². The molecule has 0 bridgehead atoms. The van der Waals surface area contributed by atoms with Crippen LogP contribution >= 0.6 is 0 Å². The van der Waals surface area contributed by atoms with Crippen LogP contribution in [-0.2, 0) is 0 Å². The van der Waals surface area contributed by atoms with Crippen molar-refractivity contribution in [2.45, 2.75) is 25.7 Å². The highest BCUT2D eigenvalue weighted by molar-refractivity contribution is 6.07. The summed E-state index contributed by atoms with van der Waals surface area (Å²) in [5.74, 6) is 0.0591. The lowest BCUT2D eigenvalue weighted by molar-refractivity contribution is 0.0697. The molecule has 2 aromatic rings. The van der Waals surface area contributed by atoms with E-state index in [9.17, 15) is 9.90 Å². The summed E-state index contributed by atoms with van der Waals surface area (Å²) >= 11 is 0. The van der Waals surface area contributed by atoms with Gasteiger partial charge in [0.1, 0.15) is 5.75 Å². The molecule has 0 saturated heterocycles. The standard InChI is InChI=1S/C14H14NO3/c1-2-18-10-5-3-4-9-11(10)12(14(16)17)13(15-9)8-6-7-8/h4-5,8,15H,2,6-7H2,1H3,(H,16,17). The average Bonchev–Trinajstić information content (AvgIpc) is 3.10. The third-order valence-electron chi connectivity index (χ3n) is 3.25. The summed E-state index contributed by atoms with van der Waals surface area (Å²) < 4.78 is 5.51. The Morgan fingerprint density at radius 2 is 2.33 bits per heavy atom. The number of carboxylic acids is 1. The number of carbonyl (C=O) groups is 1. The second-order valence-corrected chi connectivity index (χ2v) is 4.53. The number of aromatic carboxylic acids is 1. The summed E-state index contributed by atoms with van der Waals surface area (Å²) in [6.07, 6.45) is 2.11. The molecule has 0 unspecified atom stereocenters. The maximum absolute atomic E-state index is 11.5. The van der Waals surface area contributed by atoms with Crippen LogP contribution in [-0.4, -0.2) is 22.7 Å². The monoisotopic (exact) mass is 244 g/mol. The fourth-order valence-corrected chi connectivity index (χ4v) is 2.35. The number of fused-ring (bicyclic) bond motifs is 1. The predicted molar refractivity (Wildman–Crippen MR) is 67.2 cm³/mol. The molecule has 1 aromatic carbocycles. The van der Waals surface area contributed by atoms with Crippen LogP contribution in [0.2, 0.25) is 0 Å². The number of ether oxygens (including phenoxy) is 1. The molecule has 4 heteroatoms. The lowest BCUT2D eigenvalue weighted by atomic mass is 10.1. The van der Waals surface area contributed by atoms with E-state index < -0.39 is 5.97 Å². The molecule has 18 heavy (non-hydrogen) atoms. The first-order valence-corrected chi connectivity index (χ1v) is 6.14. The van der Waals surface area contributed by atoms with Crippen molar-refractivity contribution in [3.63, 3.8) is 0 Å². The molecule has 1 aliphatic rings. The molecule has 93 valence electrons. The van der Waals surface area contributed by atoms with Gasteiger partial charge in [0.25, 0.3) is 0 Å². The summed E-state index contributed by atoms with van der Waals surface area (Å²) in [6.45, 7) is 2.39. The molecule has 0 amide bonds. The molecule has 1 radical (unpaired) electrons. The third-order valence-corrected chi connectivity index (χ3v) is 3.25. The van der Waals surface area contributed by atoms with E-state index in [0.717, 1.165) is 24.1 Å². The van der Waals surface area contributed by atoms with Crippen LogP contribution in [0.5, 0.6) is 5.75 Å². The zero-order chi connectivity index (χ0) is 12.7. The van der Waals surface area contributed by atoms with Gasteiger partial charge in [-0.3, -0.25) is 0 Å². The lowest BCUT2D eigenvalue weighted by Crippen LogP contribution is -2.01. The van der Waals surface area contributed by atoms with Gasteiger partial charge in [-0.25, -0.2) is 4.79 Å². The van der Waals surface area contributed by atoms with Crippen LogP contribution in [0.1, 0.15) is 41.7 Å². The molecule has 4 nitrogen and oxygen atoms in total. The topological polar surface area (TPSA) is 62.3 Å². The minimum Gasteiger partial charge on any atom is -0.493 e. The summed E-state index contributed by atoms with van der Waals surface area (Å²) in [5, 5.41) is 10.1. The summed E-state index contributed by atoms with van der Waals surface area (Å²) in [4.78, 5) is 14.7. The fraction of sp³-hybridized carbons (Fsp3) is 0.357. The Hall–Kier alpha value is -1.97. The van der Waals surface area contributed by atoms with Gasteiger partial charge in [0, 0.05) is 5.69 Å². The Kier molecular flexibility index (Phi) is 2.51. The van der Waals surface area contributed by atoms with Crippen molar-refractivity contribution in [3.8, 4) is 5.75 Å². The number of H-pyrrole nitrogens is 1. The molecular weight excluding hydrogens is 230 g/mol. The molecule has 1 fully saturated rings. The van der Waals surface area contributed by atoms with Crippen molar-refractivity contribution >= 4 is 16.9 Å². The SMILES string of the molecule is CCOc1c[c]cc2[nH]c(C3CC3)c(C(=O)O)c12. The van der Waals surface area contributed by atoms with E-state index in [4.69, 9.17) is 4.74 Å². The van der Waals surface area contributed by atoms with Gasteiger partial charge in [0.05, 0.1) is 23.1 Å². The van der Waals surface area contributed by atoms with Gasteiger partial charge >= 0.3 is 5.97 Å². The van der Waals surface area contributed by atoms with Gasteiger partial charge in [0.15, 0.2) is 0 Å². The van der Waals surface area contributed by atoms with E-state index in [1.807, 2.05) is 6.92 Å². The third kappa shape index (κ3) is 1.65. The molecule has 1 saturated carbocycles. The van der Waals surface area contributed by atoms with E-state index in [-0.39, 0.29) is 0 Å². The molecule has 1 aromatic heterocycles. The average molecular weight is 244 g/mol. The number of hydrogen-bond acceptors (Lipinski definition) is 2. The number of rotatable bonds is 4. The Morgan fingerprint density at radius 1 is 1.56 bits per heavy atom. The summed E-state index contributed by atoms with van der Waals surface area (Å²) in [5.41, 5.74) is 1.99. The maximum atomic E-state index is 11.5. The Balaban J connectivity index is 2.28. The quantitative estimate of drug-likeness (QED) is 0.869. The van der Waals surface area contributed by atoms with E-state index >= 15 is 0 Å². The first-order valence-electron chi connectivity index (χ1n) is 6.14. The largest absolute Gasteiger partial charge is 0.493 e. The van der Waals surface area contributed by atoms with Crippen LogP contribution in [0.4, 0.5) is 0 Å². The number of carboxylic acid groups (broad SMARTS) is 1. The summed E-state index contributed by atoms with van der Waals surface area (Å²) in [6, 6.07) is 6.45. The molecule has 3 rings (SSSR count). The Bertz CT molecular complexity index is 611. The maximum Gasteiger partial charge on any atom is 0.338 e. The molecule has 1 aliphatic carbocycles. The van der Waals surface area contributed by atoms with Gasteiger partial charge in [-0.05, 0) is 43.9 Å². The minimum atomic E-state index is -0.893. The zero-order valence-corrected chi connectivity index (χ0v) is 10.1. The van der Waals surface area contributed by atoms with Gasteiger partial charge in [0.2, 0.25) is 0 Å². The van der Waals surface area contributed by atoms with Crippen LogP contribution < -0.4 is 4.74 Å². The molecular formula is C14H14NO3. The van der Waals surface area contributed by atoms with Crippen LogP contribution in [0, 0.1) is 6.07 Å². The summed E-state index contributed by atoms with van der Waals surface area (Å²) in [7, 11) is 0. The first kappa shape index (κ1) is 11.1. The van der Waals surface area contributed by atoms with Crippen molar-refractivity contribution in [2.75, 3.05) is 6.61 Å². The van der Waals surface area contributed by atoms with E-state index in [1.165, 1.54) is 0 Å². The first-order chi connectivity index (χ1) is 8.72. The highest BCUT2D eigenvalue weighted by atomic mass is 16.5. The molecule has 0 atom stereocenters. The van der Waals surface area contributed by atoms with Gasteiger partial charge < -0.3 is 14.8 Å². The second-order valence-electron chi connectivity index (χ2n) is 4.53. The predicted octanol–water partition coefficient (Wildman–Crippen LogP) is 2.94. The second kappa shape index (κ2) is 4.05. The molecule has 1 heterocycles. The van der Waals surface area contributed by atoms with Crippen LogP contribution in [0.25, 0.3) is 10.9 Å². The van der Waals surface area contributed by atoms with Crippen LogP contribution in [0.3, 0.4) is 0 Å². The number of aromatic nitrogens is 1. The van der Waals surface area contributed by atoms with Gasteiger partial charge in [-0.1, -0.05) is 0 Å². The zero-order valence-electron chi connectivity index (χ0n) is 10.1. The smallest absolute Gasteiger partial charge is 0.338 e. The minimum absolute atomic E-state index is 0.359. The van der Waals surface area contributed by atoms with Crippen LogP contribution in [0.15, 0.2) is 12.1 Å². The molecule has 2 N–H and O–H groups in total. The van der Waals surface area contributed by atoms with E-state index in [1.54, 1.807) is 12.1 Å². The highest BCUT2D eigenvalue weighted by Crippen LogP contribution is 2.44. The van der Waals surface area contributed by atoms with E-state index in [0.29, 0.717) is 29.2 Å². The highest BCUT2D eigenvalue weighted by Gasteiger charge is 2.32. The van der Waals surface area contributed by atoms with Crippen molar-refractivity contribution in [2.24, 2.45) is 0 Å². The number of hydrogen-bond donors (Lipinski definition) is 2. The lowest BCUT2D eigenvalue weighted by Gasteiger charge is -2.05. The molecule has 0 spiro atoms. The van der Waals surface area contributed by atoms with Crippen molar-refractivity contribution in [3.05, 3.63) is 29.5 Å². The number of aromatic amines is 1. The number of nitrogens with one attached hydrogen (secondary N) is 1. The normalized spacial score (nSPS) is 14.9. The Labute approximate surface area is 105 Å². The van der Waals surface area contributed by atoms with Crippen molar-refractivity contribution in [1.82, 2.24) is 4.98 Å². The van der Waals surface area contributed by atoms with Gasteiger partial charge in [-0.15, -0.1) is 0 Å². The Morgan fingerprint density at radius 3 is 2.94 bits per heavy atom. The molecule has 0 aliphatic heterocycles.